The fraction of sp³-hybridized carbons (Fsp3) is 0.182. The molecule has 0 fully saturated rings. The summed E-state index contributed by atoms with van der Waals surface area (Å²) >= 11 is 0. The molecule has 0 atom stereocenters. The van der Waals surface area contributed by atoms with Gasteiger partial charge in [-0.3, -0.25) is 9.78 Å². The van der Waals surface area contributed by atoms with Crippen molar-refractivity contribution in [1.82, 2.24) is 15.2 Å². The Balaban J connectivity index is 2.06. The molecule has 7 heteroatoms. The Morgan fingerprint density at radius 1 is 1.17 bits per heavy atom. The van der Waals surface area contributed by atoms with E-state index < -0.39 is 11.2 Å². The molecule has 0 unspecified atom stereocenters. The highest BCUT2D eigenvalue weighted by atomic mass is 16.3. The number of aromatic nitrogens is 3. The van der Waals surface area contributed by atoms with Crippen LogP contribution >= 0.6 is 0 Å². The highest BCUT2D eigenvalue weighted by Gasteiger charge is 2.01. The van der Waals surface area contributed by atoms with Crippen molar-refractivity contribution < 1.29 is 5.11 Å². The molecular weight excluding hydrogens is 236 g/mol. The molecule has 0 radical (unpaired) electrons. The monoisotopic (exact) mass is 248 g/mol. The van der Waals surface area contributed by atoms with Gasteiger partial charge in [-0.15, -0.1) is 5.10 Å². The van der Waals surface area contributed by atoms with Crippen LogP contribution in [0, 0.1) is 0 Å². The maximum atomic E-state index is 11.3. The molecule has 1 heterocycles. The number of rotatable bonds is 4. The van der Waals surface area contributed by atoms with E-state index in [0.717, 1.165) is 11.1 Å². The summed E-state index contributed by atoms with van der Waals surface area (Å²) in [6.07, 6.45) is 0. The Morgan fingerprint density at radius 2 is 1.83 bits per heavy atom. The minimum absolute atomic E-state index is 0.00510. The quantitative estimate of drug-likeness (QED) is 0.586. The van der Waals surface area contributed by atoms with Gasteiger partial charge in [0.25, 0.3) is 5.56 Å². The molecule has 1 aromatic heterocycles. The van der Waals surface area contributed by atoms with E-state index in [4.69, 9.17) is 5.11 Å². The van der Waals surface area contributed by atoms with E-state index in [1.165, 1.54) is 0 Å². The van der Waals surface area contributed by atoms with Crippen LogP contribution in [0.1, 0.15) is 11.1 Å². The van der Waals surface area contributed by atoms with Gasteiger partial charge in [-0.05, 0) is 11.1 Å². The van der Waals surface area contributed by atoms with Crippen LogP contribution in [0.25, 0.3) is 0 Å². The molecule has 0 aliphatic rings. The van der Waals surface area contributed by atoms with Crippen LogP contribution in [0.2, 0.25) is 0 Å². The molecule has 94 valence electrons. The van der Waals surface area contributed by atoms with E-state index in [1.54, 1.807) is 12.1 Å². The standard InChI is InChI=1S/C11H12N4O3/c16-6-8-3-1-7(2-4-8)5-12-9-10(17)13-11(18)15-14-9/h1-4,16H,5-6H2,(H,12,14)(H2,13,15,17,18). The first-order chi connectivity index (χ1) is 8.69. The average molecular weight is 248 g/mol. The number of aliphatic hydroxyl groups is 1. The summed E-state index contributed by atoms with van der Waals surface area (Å²) in [6, 6.07) is 7.25. The van der Waals surface area contributed by atoms with Gasteiger partial charge in [0.2, 0.25) is 5.82 Å². The van der Waals surface area contributed by atoms with Gasteiger partial charge in [0, 0.05) is 6.54 Å². The van der Waals surface area contributed by atoms with Gasteiger partial charge in [0.05, 0.1) is 6.61 Å². The van der Waals surface area contributed by atoms with Gasteiger partial charge < -0.3 is 10.4 Å². The molecule has 0 spiro atoms. The predicted octanol–water partition coefficient (Wildman–Crippen LogP) is -0.437. The highest BCUT2D eigenvalue weighted by molar-refractivity contribution is 5.32. The number of aliphatic hydroxyl groups excluding tert-OH is 1. The third-order valence-corrected chi connectivity index (χ3v) is 2.38. The molecule has 0 aliphatic carbocycles. The van der Waals surface area contributed by atoms with Gasteiger partial charge in [0.1, 0.15) is 0 Å². The number of benzene rings is 1. The number of H-pyrrole nitrogens is 2. The fourth-order valence-corrected chi connectivity index (χ4v) is 1.42. The summed E-state index contributed by atoms with van der Waals surface area (Å²) in [4.78, 5) is 24.2. The third-order valence-electron chi connectivity index (χ3n) is 2.38. The van der Waals surface area contributed by atoms with E-state index in [-0.39, 0.29) is 12.4 Å². The van der Waals surface area contributed by atoms with Gasteiger partial charge in [-0.1, -0.05) is 24.3 Å². The van der Waals surface area contributed by atoms with Crippen molar-refractivity contribution in [2.45, 2.75) is 13.2 Å². The molecule has 0 amide bonds. The SMILES string of the molecule is O=c1[nH]nc(NCc2ccc(CO)cc2)c(=O)[nH]1. The lowest BCUT2D eigenvalue weighted by Gasteiger charge is -2.04. The summed E-state index contributed by atoms with van der Waals surface area (Å²) in [6.45, 7) is 0.392. The summed E-state index contributed by atoms with van der Waals surface area (Å²) in [5.74, 6) is 0.0563. The predicted molar refractivity (Wildman–Crippen MR) is 65.2 cm³/mol. The van der Waals surface area contributed by atoms with Crippen LogP contribution in [0.3, 0.4) is 0 Å². The van der Waals surface area contributed by atoms with Crippen LogP contribution in [0.5, 0.6) is 0 Å². The average Bonchev–Trinajstić information content (AvgIpc) is 2.38. The zero-order chi connectivity index (χ0) is 13.0. The van der Waals surface area contributed by atoms with E-state index in [2.05, 4.69) is 20.5 Å². The minimum atomic E-state index is -0.641. The molecule has 2 rings (SSSR count). The Labute approximate surface area is 102 Å². The van der Waals surface area contributed by atoms with Crippen molar-refractivity contribution in [1.29, 1.82) is 0 Å². The molecule has 0 aliphatic heterocycles. The van der Waals surface area contributed by atoms with Crippen LogP contribution < -0.4 is 16.6 Å². The molecular formula is C11H12N4O3. The second kappa shape index (κ2) is 5.28. The van der Waals surface area contributed by atoms with E-state index in [0.29, 0.717) is 6.54 Å². The molecule has 18 heavy (non-hydrogen) atoms. The van der Waals surface area contributed by atoms with Crippen molar-refractivity contribution >= 4 is 5.82 Å². The number of hydrogen-bond donors (Lipinski definition) is 4. The van der Waals surface area contributed by atoms with Gasteiger partial charge >= 0.3 is 5.69 Å². The molecule has 2 aromatic rings. The minimum Gasteiger partial charge on any atom is -0.392 e. The number of nitrogens with one attached hydrogen (secondary N) is 3. The van der Waals surface area contributed by atoms with Gasteiger partial charge in [-0.25, -0.2) is 9.89 Å². The normalized spacial score (nSPS) is 10.3. The number of anilines is 1. The Kier molecular flexibility index (Phi) is 3.54. The van der Waals surface area contributed by atoms with Crippen molar-refractivity contribution in [2.24, 2.45) is 0 Å². The lowest BCUT2D eigenvalue weighted by atomic mass is 10.1. The van der Waals surface area contributed by atoms with Crippen molar-refractivity contribution in [3.05, 3.63) is 56.2 Å². The maximum absolute atomic E-state index is 11.3. The largest absolute Gasteiger partial charge is 0.392 e. The lowest BCUT2D eigenvalue weighted by Crippen LogP contribution is -2.26. The summed E-state index contributed by atoms with van der Waals surface area (Å²) in [5.41, 5.74) is 0.543. The molecule has 0 saturated carbocycles. The van der Waals surface area contributed by atoms with Crippen molar-refractivity contribution in [3.63, 3.8) is 0 Å². The summed E-state index contributed by atoms with van der Waals surface area (Å²) in [7, 11) is 0. The van der Waals surface area contributed by atoms with Crippen LogP contribution in [-0.4, -0.2) is 20.3 Å². The van der Waals surface area contributed by atoms with Crippen molar-refractivity contribution in [2.75, 3.05) is 5.32 Å². The fourth-order valence-electron chi connectivity index (χ4n) is 1.42. The summed E-state index contributed by atoms with van der Waals surface area (Å²) in [5, 5.41) is 17.4. The Morgan fingerprint density at radius 3 is 2.44 bits per heavy atom. The van der Waals surface area contributed by atoms with Crippen LogP contribution in [0.4, 0.5) is 5.82 Å². The first-order valence-corrected chi connectivity index (χ1v) is 5.30. The van der Waals surface area contributed by atoms with E-state index >= 15 is 0 Å². The third kappa shape index (κ3) is 2.83. The summed E-state index contributed by atoms with van der Waals surface area (Å²) < 4.78 is 0. The van der Waals surface area contributed by atoms with Gasteiger partial charge in [0.15, 0.2) is 0 Å². The first kappa shape index (κ1) is 12.1. The zero-order valence-corrected chi connectivity index (χ0v) is 9.43. The number of aromatic amines is 2. The maximum Gasteiger partial charge on any atom is 0.342 e. The lowest BCUT2D eigenvalue weighted by molar-refractivity contribution is 0.282. The number of nitrogens with zero attached hydrogens (tertiary/aromatic N) is 1. The smallest absolute Gasteiger partial charge is 0.342 e. The molecule has 1 aromatic carbocycles. The zero-order valence-electron chi connectivity index (χ0n) is 9.43. The highest BCUT2D eigenvalue weighted by Crippen LogP contribution is 2.05. The van der Waals surface area contributed by atoms with Crippen LogP contribution in [-0.2, 0) is 13.2 Å². The molecule has 7 nitrogen and oxygen atoms in total. The first-order valence-electron chi connectivity index (χ1n) is 5.30. The van der Waals surface area contributed by atoms with E-state index in [1.807, 2.05) is 12.1 Å². The number of hydrogen-bond acceptors (Lipinski definition) is 5. The molecule has 4 N–H and O–H groups in total. The topological polar surface area (TPSA) is 111 Å². The second-order valence-corrected chi connectivity index (χ2v) is 3.68. The second-order valence-electron chi connectivity index (χ2n) is 3.68. The van der Waals surface area contributed by atoms with Crippen molar-refractivity contribution in [3.8, 4) is 0 Å². The van der Waals surface area contributed by atoms with Crippen LogP contribution in [0.15, 0.2) is 33.9 Å². The Hall–Kier alpha value is -2.41. The Bertz CT molecular complexity index is 630. The molecule has 0 bridgehead atoms. The molecule has 0 saturated heterocycles. The van der Waals surface area contributed by atoms with Gasteiger partial charge in [-0.2, -0.15) is 0 Å². The van der Waals surface area contributed by atoms with E-state index in [9.17, 15) is 9.59 Å².